The highest BCUT2D eigenvalue weighted by molar-refractivity contribution is 9.09. The first-order valence-corrected chi connectivity index (χ1v) is 6.74. The Morgan fingerprint density at radius 2 is 2.07 bits per heavy atom. The summed E-state index contributed by atoms with van der Waals surface area (Å²) in [4.78, 5) is 0.0102. The highest BCUT2D eigenvalue weighted by Gasteiger charge is 2.19. The molecule has 0 aliphatic heterocycles. The van der Waals surface area contributed by atoms with Gasteiger partial charge in [0.1, 0.15) is 0 Å². The van der Waals surface area contributed by atoms with E-state index in [0.717, 1.165) is 0 Å². The minimum atomic E-state index is -3.77. The average molecular weight is 289 g/mol. The Kier molecular flexibility index (Phi) is 3.85. The van der Waals surface area contributed by atoms with E-state index < -0.39 is 15.9 Å². The molecule has 0 saturated carbocycles. The van der Waals surface area contributed by atoms with Crippen molar-refractivity contribution >= 4 is 26.0 Å². The van der Waals surface area contributed by atoms with Gasteiger partial charge in [0.2, 0.25) is 10.0 Å². The van der Waals surface area contributed by atoms with E-state index >= 15 is 0 Å². The lowest BCUT2D eigenvalue weighted by molar-refractivity contribution is 0.596. The maximum Gasteiger partial charge on any atom is 0.238 e. The summed E-state index contributed by atoms with van der Waals surface area (Å²) in [6.45, 7) is 0. The smallest absolute Gasteiger partial charge is 0.225 e. The third kappa shape index (κ3) is 2.78. The quantitative estimate of drug-likeness (QED) is 0.852. The molecular formula is C9H9BrN2O2S. The van der Waals surface area contributed by atoms with Gasteiger partial charge in [-0.3, -0.25) is 0 Å². The van der Waals surface area contributed by atoms with Crippen LogP contribution in [0.1, 0.15) is 11.5 Å². The fourth-order valence-corrected chi connectivity index (χ4v) is 2.52. The molecule has 1 aromatic rings. The van der Waals surface area contributed by atoms with E-state index in [1.165, 1.54) is 6.07 Å². The molecule has 15 heavy (non-hydrogen) atoms. The number of rotatable bonds is 3. The lowest BCUT2D eigenvalue weighted by Gasteiger charge is -2.10. The van der Waals surface area contributed by atoms with Crippen LogP contribution in [0.4, 0.5) is 0 Å². The van der Waals surface area contributed by atoms with Gasteiger partial charge >= 0.3 is 0 Å². The second kappa shape index (κ2) is 4.75. The fourth-order valence-electron chi connectivity index (χ4n) is 1.21. The standard InChI is InChI=1S/C9H9BrN2O2S/c10-5-7(6-11)8-3-1-2-4-9(8)15(12,13)14/h1-4,7H,5H2,(H2,12,13,14). The Morgan fingerprint density at radius 1 is 1.47 bits per heavy atom. The first kappa shape index (κ1) is 12.2. The summed E-state index contributed by atoms with van der Waals surface area (Å²) < 4.78 is 22.5. The van der Waals surface area contributed by atoms with E-state index in [2.05, 4.69) is 15.9 Å². The lowest BCUT2D eigenvalue weighted by atomic mass is 10.0. The van der Waals surface area contributed by atoms with Gasteiger partial charge < -0.3 is 0 Å². The molecule has 0 fully saturated rings. The Hall–Kier alpha value is -0.900. The maximum atomic E-state index is 11.2. The molecule has 0 heterocycles. The zero-order valence-electron chi connectivity index (χ0n) is 7.72. The van der Waals surface area contributed by atoms with E-state index in [4.69, 9.17) is 10.4 Å². The minimum absolute atomic E-state index is 0.0102. The Labute approximate surface area is 96.9 Å². The van der Waals surface area contributed by atoms with Gasteiger partial charge in [-0.2, -0.15) is 5.26 Å². The van der Waals surface area contributed by atoms with Crippen LogP contribution in [0, 0.1) is 11.3 Å². The van der Waals surface area contributed by atoms with Gasteiger partial charge in [0.25, 0.3) is 0 Å². The molecule has 1 rings (SSSR count). The average Bonchev–Trinajstić information content (AvgIpc) is 2.19. The first-order chi connectivity index (χ1) is 7.00. The lowest BCUT2D eigenvalue weighted by Crippen LogP contribution is -2.16. The summed E-state index contributed by atoms with van der Waals surface area (Å²) in [5, 5.41) is 14.3. The Morgan fingerprint density at radius 3 is 2.53 bits per heavy atom. The van der Waals surface area contributed by atoms with Crippen molar-refractivity contribution in [3.8, 4) is 6.07 Å². The van der Waals surface area contributed by atoms with E-state index in [1.807, 2.05) is 6.07 Å². The number of nitrogens with zero attached hydrogens (tertiary/aromatic N) is 1. The number of halogens is 1. The molecular weight excluding hydrogens is 280 g/mol. The fraction of sp³-hybridized carbons (Fsp3) is 0.222. The van der Waals surface area contributed by atoms with Gasteiger partial charge in [0.05, 0.1) is 16.9 Å². The SMILES string of the molecule is N#CC(CBr)c1ccccc1S(N)(=O)=O. The zero-order valence-corrected chi connectivity index (χ0v) is 10.1. The second-order valence-corrected chi connectivity index (χ2v) is 5.10. The van der Waals surface area contributed by atoms with Crippen LogP contribution in [-0.2, 0) is 10.0 Å². The van der Waals surface area contributed by atoms with Gasteiger partial charge in [-0.1, -0.05) is 34.1 Å². The van der Waals surface area contributed by atoms with Crippen molar-refractivity contribution in [2.75, 3.05) is 5.33 Å². The van der Waals surface area contributed by atoms with Crippen molar-refractivity contribution in [2.24, 2.45) is 5.14 Å². The van der Waals surface area contributed by atoms with E-state index in [0.29, 0.717) is 10.9 Å². The molecule has 1 aromatic carbocycles. The number of sulfonamides is 1. The monoisotopic (exact) mass is 288 g/mol. The normalized spacial score (nSPS) is 13.1. The first-order valence-electron chi connectivity index (χ1n) is 4.08. The van der Waals surface area contributed by atoms with Crippen LogP contribution in [0.25, 0.3) is 0 Å². The molecule has 0 spiro atoms. The van der Waals surface area contributed by atoms with Crippen molar-refractivity contribution in [1.82, 2.24) is 0 Å². The third-order valence-electron chi connectivity index (χ3n) is 1.91. The molecule has 2 N–H and O–H groups in total. The van der Waals surface area contributed by atoms with Crippen molar-refractivity contribution in [3.63, 3.8) is 0 Å². The molecule has 1 unspecified atom stereocenters. The van der Waals surface area contributed by atoms with E-state index in [9.17, 15) is 8.42 Å². The van der Waals surface area contributed by atoms with Gasteiger partial charge in [-0.25, -0.2) is 13.6 Å². The maximum absolute atomic E-state index is 11.2. The van der Waals surface area contributed by atoms with Crippen LogP contribution in [-0.4, -0.2) is 13.7 Å². The van der Waals surface area contributed by atoms with Gasteiger partial charge in [-0.15, -0.1) is 0 Å². The van der Waals surface area contributed by atoms with Gasteiger partial charge in [-0.05, 0) is 11.6 Å². The predicted octanol–water partition coefficient (Wildman–Crippen LogP) is 1.34. The van der Waals surface area contributed by atoms with Gasteiger partial charge in [0, 0.05) is 5.33 Å². The molecule has 0 saturated heterocycles. The summed E-state index contributed by atoms with van der Waals surface area (Å²) >= 11 is 3.16. The van der Waals surface area contributed by atoms with Crippen molar-refractivity contribution < 1.29 is 8.42 Å². The molecule has 80 valence electrons. The number of hydrogen-bond acceptors (Lipinski definition) is 3. The Bertz CT molecular complexity index is 493. The van der Waals surface area contributed by atoms with Crippen LogP contribution in [0.15, 0.2) is 29.2 Å². The largest absolute Gasteiger partial charge is 0.238 e. The topological polar surface area (TPSA) is 83.9 Å². The predicted molar refractivity (Wildman–Crippen MR) is 60.0 cm³/mol. The van der Waals surface area contributed by atoms with Crippen molar-refractivity contribution in [3.05, 3.63) is 29.8 Å². The third-order valence-corrected chi connectivity index (χ3v) is 3.54. The van der Waals surface area contributed by atoms with Crippen molar-refractivity contribution in [1.29, 1.82) is 5.26 Å². The highest BCUT2D eigenvalue weighted by atomic mass is 79.9. The molecule has 0 aliphatic rings. The van der Waals surface area contributed by atoms with Crippen molar-refractivity contribution in [2.45, 2.75) is 10.8 Å². The number of hydrogen-bond donors (Lipinski definition) is 1. The molecule has 0 aromatic heterocycles. The summed E-state index contributed by atoms with van der Waals surface area (Å²) in [6, 6.07) is 8.26. The summed E-state index contributed by atoms with van der Waals surface area (Å²) in [5.41, 5.74) is 0.430. The molecule has 0 bridgehead atoms. The Balaban J connectivity index is 3.38. The van der Waals surface area contributed by atoms with Crippen LogP contribution in [0.2, 0.25) is 0 Å². The van der Waals surface area contributed by atoms with Gasteiger partial charge in [0.15, 0.2) is 0 Å². The number of nitrogens with two attached hydrogens (primary N) is 1. The molecule has 0 aliphatic carbocycles. The van der Waals surface area contributed by atoms with Crippen LogP contribution < -0.4 is 5.14 Å². The van der Waals surface area contributed by atoms with E-state index in [1.54, 1.807) is 18.2 Å². The number of benzene rings is 1. The molecule has 0 radical (unpaired) electrons. The highest BCUT2D eigenvalue weighted by Crippen LogP contribution is 2.24. The summed E-state index contributed by atoms with van der Waals surface area (Å²) in [5.74, 6) is -0.514. The number of nitriles is 1. The summed E-state index contributed by atoms with van der Waals surface area (Å²) in [6.07, 6.45) is 0. The number of alkyl halides is 1. The van der Waals surface area contributed by atoms with Crippen LogP contribution >= 0.6 is 15.9 Å². The van der Waals surface area contributed by atoms with Crippen LogP contribution in [0.5, 0.6) is 0 Å². The molecule has 0 amide bonds. The summed E-state index contributed by atoms with van der Waals surface area (Å²) in [7, 11) is -3.77. The number of primary sulfonamides is 1. The van der Waals surface area contributed by atoms with E-state index in [-0.39, 0.29) is 4.90 Å². The minimum Gasteiger partial charge on any atom is -0.225 e. The molecule has 6 heteroatoms. The zero-order chi connectivity index (χ0) is 11.5. The van der Waals surface area contributed by atoms with Crippen LogP contribution in [0.3, 0.4) is 0 Å². The second-order valence-electron chi connectivity index (χ2n) is 2.92. The molecule has 1 atom stereocenters. The molecule has 4 nitrogen and oxygen atoms in total.